The maximum Gasteiger partial charge on any atom is 0.315 e. The molecule has 12 nitrogen and oxygen atoms in total. The number of fused-ring (bicyclic) bond motifs is 1. The Morgan fingerprint density at radius 3 is 2.09 bits per heavy atom. The first-order valence-electron chi connectivity index (χ1n) is 15.7. The summed E-state index contributed by atoms with van der Waals surface area (Å²) in [5, 5.41) is 10.8. The fourth-order valence-electron chi connectivity index (χ4n) is 5.86. The van der Waals surface area contributed by atoms with E-state index >= 15 is 0 Å². The number of carbonyl (C=O) groups is 6. The van der Waals surface area contributed by atoms with Gasteiger partial charge in [0, 0.05) is 18.6 Å². The summed E-state index contributed by atoms with van der Waals surface area (Å²) < 4.78 is 5.23. The van der Waals surface area contributed by atoms with Crippen LogP contribution in [-0.2, 0) is 28.7 Å². The third kappa shape index (κ3) is 10.3. The van der Waals surface area contributed by atoms with Crippen LogP contribution in [-0.4, -0.2) is 82.8 Å². The topological polar surface area (TPSA) is 163 Å². The molecule has 1 aliphatic heterocycles. The van der Waals surface area contributed by atoms with Crippen LogP contribution in [0, 0.1) is 22.7 Å². The third-order valence-corrected chi connectivity index (χ3v) is 8.19. The molecule has 45 heavy (non-hydrogen) atoms. The molecule has 0 bridgehead atoms. The molecule has 254 valence electrons. The number of hydrogen-bond donors (Lipinski definition) is 4. The number of hydrogen-bond acceptors (Lipinski definition) is 7. The van der Waals surface area contributed by atoms with Gasteiger partial charge in [-0.3, -0.25) is 24.0 Å². The third-order valence-electron chi connectivity index (χ3n) is 8.19. The molecular formula is C33H55N5O7. The number of allylic oxidation sites excluding steroid dienone is 1. The molecule has 1 aliphatic carbocycles. The van der Waals surface area contributed by atoms with Crippen molar-refractivity contribution >= 4 is 35.5 Å². The lowest BCUT2D eigenvalue weighted by Crippen LogP contribution is -2.62. The Hall–Kier alpha value is -3.44. The van der Waals surface area contributed by atoms with Gasteiger partial charge in [-0.15, -0.1) is 6.58 Å². The van der Waals surface area contributed by atoms with Gasteiger partial charge < -0.3 is 30.9 Å². The van der Waals surface area contributed by atoms with Crippen LogP contribution in [0.1, 0.15) is 95.4 Å². The molecule has 3 unspecified atom stereocenters. The van der Waals surface area contributed by atoms with E-state index < -0.39 is 64.3 Å². The van der Waals surface area contributed by atoms with Gasteiger partial charge in [-0.05, 0) is 77.0 Å². The van der Waals surface area contributed by atoms with Gasteiger partial charge in [0.25, 0.3) is 5.91 Å². The van der Waals surface area contributed by atoms with Crippen LogP contribution in [0.5, 0.6) is 0 Å². The highest BCUT2D eigenvalue weighted by atomic mass is 16.6. The number of carbonyl (C=O) groups excluding carboxylic acids is 6. The van der Waals surface area contributed by atoms with Crippen LogP contribution >= 0.6 is 0 Å². The average molecular weight is 634 g/mol. The standard InChI is InChI=1S/C33H55N5O7/c1-13-14-15-20(24(40)27(42)34-17-16-21(39)45-32(8,9)10)35-26(41)23-22-19(33(22,11)12)18-38(23)28(43)25(30(2,3)4)36-29(44)37-31(5,6)7/h13,19-20,22-23,25H,1,14-18H2,2-12H3,(H,34,42)(H,35,41)(H2,36,37,44)/t19?,20?,22?,23-,25+/m0/s1. The van der Waals surface area contributed by atoms with Crippen LogP contribution in [0.25, 0.3) is 0 Å². The minimum Gasteiger partial charge on any atom is -0.460 e. The molecule has 0 aromatic carbocycles. The molecule has 1 saturated heterocycles. The van der Waals surface area contributed by atoms with Gasteiger partial charge in [0.15, 0.2) is 0 Å². The van der Waals surface area contributed by atoms with E-state index in [1.807, 2.05) is 55.4 Å². The average Bonchev–Trinajstić information content (AvgIpc) is 3.19. The molecule has 2 aliphatic rings. The van der Waals surface area contributed by atoms with E-state index in [2.05, 4.69) is 27.8 Å². The quantitative estimate of drug-likeness (QED) is 0.146. The maximum atomic E-state index is 14.1. The Labute approximate surface area is 268 Å². The second-order valence-corrected chi connectivity index (χ2v) is 15.9. The molecule has 5 atom stereocenters. The normalized spacial score (nSPS) is 21.8. The highest BCUT2D eigenvalue weighted by molar-refractivity contribution is 6.38. The van der Waals surface area contributed by atoms with Crippen molar-refractivity contribution < 1.29 is 33.5 Å². The lowest BCUT2D eigenvalue weighted by atomic mass is 9.85. The van der Waals surface area contributed by atoms with Crippen LogP contribution in [0.2, 0.25) is 0 Å². The van der Waals surface area contributed by atoms with E-state index in [4.69, 9.17) is 4.74 Å². The van der Waals surface area contributed by atoms with E-state index in [0.29, 0.717) is 13.0 Å². The molecule has 12 heteroatoms. The number of nitrogens with zero attached hydrogens (tertiary/aromatic N) is 1. The predicted octanol–water partition coefficient (Wildman–Crippen LogP) is 2.85. The molecule has 2 fully saturated rings. The van der Waals surface area contributed by atoms with Gasteiger partial charge >= 0.3 is 12.0 Å². The van der Waals surface area contributed by atoms with Crippen LogP contribution in [0.4, 0.5) is 4.79 Å². The number of ether oxygens (including phenoxy) is 1. The zero-order valence-electron chi connectivity index (χ0n) is 29.0. The Kier molecular flexibility index (Phi) is 11.7. The summed E-state index contributed by atoms with van der Waals surface area (Å²) >= 11 is 0. The molecule has 2 rings (SSSR count). The number of piperidine rings is 1. The Morgan fingerprint density at radius 1 is 0.978 bits per heavy atom. The predicted molar refractivity (Wildman–Crippen MR) is 171 cm³/mol. The SMILES string of the molecule is C=CCCC(NC(=O)[C@@H]1C2C(CN1C(=O)[C@@H](NC(=O)NC(C)(C)C)C(C)(C)C)C2(C)C)C(=O)C(=O)NCCC(=O)OC(C)(C)C. The van der Waals surface area contributed by atoms with Crippen molar-refractivity contribution in [3.63, 3.8) is 0 Å². The summed E-state index contributed by atoms with van der Waals surface area (Å²) in [6.45, 7) is 24.2. The van der Waals surface area contributed by atoms with Gasteiger partial charge in [-0.25, -0.2) is 4.79 Å². The molecule has 0 aromatic heterocycles. The van der Waals surface area contributed by atoms with Crippen LogP contribution in [0.15, 0.2) is 12.7 Å². The summed E-state index contributed by atoms with van der Waals surface area (Å²) in [4.78, 5) is 80.3. The molecule has 4 N–H and O–H groups in total. The number of nitrogens with one attached hydrogen (secondary N) is 4. The van der Waals surface area contributed by atoms with Gasteiger partial charge in [-0.2, -0.15) is 0 Å². The van der Waals surface area contributed by atoms with Gasteiger partial charge in [0.1, 0.15) is 17.7 Å². The molecule has 0 aromatic rings. The number of urea groups is 1. The molecule has 5 amide bonds. The molecule has 0 radical (unpaired) electrons. The van der Waals surface area contributed by atoms with Crippen molar-refractivity contribution in [1.82, 2.24) is 26.2 Å². The molecule has 1 heterocycles. The lowest BCUT2D eigenvalue weighted by molar-refractivity contribution is -0.154. The minimum absolute atomic E-state index is 0.0692. The van der Waals surface area contributed by atoms with E-state index in [9.17, 15) is 28.8 Å². The number of esters is 1. The van der Waals surface area contributed by atoms with E-state index in [0.717, 1.165) is 0 Å². The maximum absolute atomic E-state index is 14.1. The lowest BCUT2D eigenvalue weighted by Gasteiger charge is -2.38. The first kappa shape index (κ1) is 37.7. The number of rotatable bonds is 12. The summed E-state index contributed by atoms with van der Waals surface area (Å²) in [5.74, 6) is -3.30. The van der Waals surface area contributed by atoms with Crippen LogP contribution in [0.3, 0.4) is 0 Å². The van der Waals surface area contributed by atoms with Crippen molar-refractivity contribution in [2.75, 3.05) is 13.1 Å². The zero-order chi connectivity index (χ0) is 34.7. The summed E-state index contributed by atoms with van der Waals surface area (Å²) in [6.07, 6.45) is 1.95. The minimum atomic E-state index is -1.16. The summed E-state index contributed by atoms with van der Waals surface area (Å²) in [6, 6.07) is -3.47. The monoisotopic (exact) mass is 633 g/mol. The fraction of sp³-hybridized carbons (Fsp3) is 0.758. The van der Waals surface area contributed by atoms with Gasteiger partial charge in [-0.1, -0.05) is 40.7 Å². The highest BCUT2D eigenvalue weighted by Gasteiger charge is 2.70. The van der Waals surface area contributed by atoms with E-state index in [1.165, 1.54) is 4.90 Å². The molecule has 0 spiro atoms. The Morgan fingerprint density at radius 2 is 1.58 bits per heavy atom. The second kappa shape index (κ2) is 13.9. The Bertz CT molecular complexity index is 1180. The van der Waals surface area contributed by atoms with Crippen LogP contribution < -0.4 is 21.3 Å². The number of likely N-dealkylation sites (tertiary alicyclic amines) is 1. The number of amides is 5. The molecular weight excluding hydrogens is 578 g/mol. The van der Waals surface area contributed by atoms with E-state index in [-0.39, 0.29) is 42.5 Å². The van der Waals surface area contributed by atoms with Crippen molar-refractivity contribution in [2.24, 2.45) is 22.7 Å². The summed E-state index contributed by atoms with van der Waals surface area (Å²) in [7, 11) is 0. The summed E-state index contributed by atoms with van der Waals surface area (Å²) in [5.41, 5.74) is -2.07. The fourth-order valence-corrected chi connectivity index (χ4v) is 5.86. The van der Waals surface area contributed by atoms with E-state index in [1.54, 1.807) is 26.8 Å². The van der Waals surface area contributed by atoms with Crippen molar-refractivity contribution in [3.8, 4) is 0 Å². The van der Waals surface area contributed by atoms with Gasteiger partial charge in [0.05, 0.1) is 12.5 Å². The Balaban J connectivity index is 2.23. The first-order valence-corrected chi connectivity index (χ1v) is 15.7. The highest BCUT2D eigenvalue weighted by Crippen LogP contribution is 2.65. The largest absolute Gasteiger partial charge is 0.460 e. The van der Waals surface area contributed by atoms with Crippen molar-refractivity contribution in [2.45, 2.75) is 125 Å². The zero-order valence-corrected chi connectivity index (χ0v) is 29.0. The first-order chi connectivity index (χ1) is 20.4. The molecule has 1 saturated carbocycles. The number of ketones is 1. The van der Waals surface area contributed by atoms with Crippen molar-refractivity contribution in [3.05, 3.63) is 12.7 Å². The van der Waals surface area contributed by atoms with Gasteiger partial charge in [0.2, 0.25) is 17.6 Å². The second-order valence-electron chi connectivity index (χ2n) is 15.9. The smallest absolute Gasteiger partial charge is 0.315 e. The number of Topliss-reactive ketones (excluding diaryl/α,β-unsaturated/α-hetero) is 1. The van der Waals surface area contributed by atoms with Crippen molar-refractivity contribution in [1.29, 1.82) is 0 Å².